The summed E-state index contributed by atoms with van der Waals surface area (Å²) in [7, 11) is 0. The van der Waals surface area contributed by atoms with Gasteiger partial charge in [0.1, 0.15) is 17.2 Å². The van der Waals surface area contributed by atoms with Gasteiger partial charge in [-0.1, -0.05) is 0 Å². The lowest BCUT2D eigenvalue weighted by Crippen LogP contribution is -1.91. The van der Waals surface area contributed by atoms with Crippen LogP contribution in [0, 0.1) is 20.8 Å². The van der Waals surface area contributed by atoms with Crippen LogP contribution in [0.4, 0.5) is 0 Å². The summed E-state index contributed by atoms with van der Waals surface area (Å²) < 4.78 is 0. The molecule has 0 atom stereocenters. The lowest BCUT2D eigenvalue weighted by Gasteiger charge is -2.14. The molecule has 2 aromatic rings. The summed E-state index contributed by atoms with van der Waals surface area (Å²) in [5.41, 5.74) is 3.80. The Morgan fingerprint density at radius 2 is 1.44 bits per heavy atom. The molecule has 0 radical (unpaired) electrons. The van der Waals surface area contributed by atoms with Gasteiger partial charge < -0.3 is 15.3 Å². The van der Waals surface area contributed by atoms with Gasteiger partial charge >= 0.3 is 0 Å². The van der Waals surface area contributed by atoms with E-state index in [1.165, 1.54) is 18.2 Å². The number of hydrogen-bond donors (Lipinski definition) is 3. The third-order valence-electron chi connectivity index (χ3n) is 3.40. The van der Waals surface area contributed by atoms with Gasteiger partial charge in [-0.25, -0.2) is 0 Å². The fourth-order valence-corrected chi connectivity index (χ4v) is 2.01. The molecule has 0 heterocycles. The zero-order valence-electron chi connectivity index (χ0n) is 10.7. The fourth-order valence-electron chi connectivity index (χ4n) is 2.01. The number of rotatable bonds is 1. The van der Waals surface area contributed by atoms with Crippen molar-refractivity contribution in [2.45, 2.75) is 20.8 Å². The summed E-state index contributed by atoms with van der Waals surface area (Å²) in [6.45, 7) is 5.72. The van der Waals surface area contributed by atoms with E-state index in [0.717, 1.165) is 16.7 Å². The SMILES string of the molecule is Cc1cc(-c2cc(O)ccc2O)c(O)c(C)c1C. The highest BCUT2D eigenvalue weighted by Crippen LogP contribution is 2.40. The minimum Gasteiger partial charge on any atom is -0.508 e. The van der Waals surface area contributed by atoms with E-state index in [4.69, 9.17) is 0 Å². The molecule has 0 aliphatic carbocycles. The van der Waals surface area contributed by atoms with Crippen LogP contribution in [0.3, 0.4) is 0 Å². The predicted molar refractivity (Wildman–Crippen MR) is 71.1 cm³/mol. The number of hydrogen-bond acceptors (Lipinski definition) is 3. The zero-order valence-corrected chi connectivity index (χ0v) is 10.7. The van der Waals surface area contributed by atoms with Crippen molar-refractivity contribution in [2.75, 3.05) is 0 Å². The highest BCUT2D eigenvalue weighted by molar-refractivity contribution is 5.78. The molecule has 0 bridgehead atoms. The van der Waals surface area contributed by atoms with Crippen molar-refractivity contribution in [3.05, 3.63) is 41.0 Å². The first-order valence-corrected chi connectivity index (χ1v) is 5.74. The summed E-state index contributed by atoms with van der Waals surface area (Å²) >= 11 is 0. The number of benzene rings is 2. The van der Waals surface area contributed by atoms with Crippen LogP contribution >= 0.6 is 0 Å². The van der Waals surface area contributed by atoms with Gasteiger partial charge in [0.2, 0.25) is 0 Å². The highest BCUT2D eigenvalue weighted by Gasteiger charge is 2.14. The van der Waals surface area contributed by atoms with E-state index in [0.29, 0.717) is 11.1 Å². The van der Waals surface area contributed by atoms with Gasteiger partial charge in [-0.2, -0.15) is 0 Å². The van der Waals surface area contributed by atoms with E-state index >= 15 is 0 Å². The summed E-state index contributed by atoms with van der Waals surface area (Å²) in [6.07, 6.45) is 0. The molecule has 94 valence electrons. The maximum atomic E-state index is 10.2. The molecule has 0 spiro atoms. The Hall–Kier alpha value is -2.16. The standard InChI is InChI=1S/C15H16O3/c1-8-6-13(15(18)10(3)9(8)2)12-7-11(16)4-5-14(12)17/h4-7,16-18H,1-3H3. The lowest BCUT2D eigenvalue weighted by atomic mass is 9.94. The van der Waals surface area contributed by atoms with Gasteiger partial charge in [0.05, 0.1) is 0 Å². The molecule has 2 rings (SSSR count). The highest BCUT2D eigenvalue weighted by atomic mass is 16.3. The van der Waals surface area contributed by atoms with Crippen molar-refractivity contribution in [3.63, 3.8) is 0 Å². The largest absolute Gasteiger partial charge is 0.508 e. The second-order valence-corrected chi connectivity index (χ2v) is 4.54. The number of aryl methyl sites for hydroxylation is 1. The van der Waals surface area contributed by atoms with E-state index in [2.05, 4.69) is 0 Å². The lowest BCUT2D eigenvalue weighted by molar-refractivity contribution is 0.458. The number of phenolic OH excluding ortho intramolecular Hbond substituents is 3. The predicted octanol–water partition coefficient (Wildman–Crippen LogP) is 3.40. The van der Waals surface area contributed by atoms with Crippen molar-refractivity contribution >= 4 is 0 Å². The minimum absolute atomic E-state index is 0.0331. The molecule has 0 aliphatic rings. The Morgan fingerprint density at radius 1 is 0.778 bits per heavy atom. The van der Waals surface area contributed by atoms with E-state index < -0.39 is 0 Å². The van der Waals surface area contributed by atoms with Gasteiger partial charge in [0.15, 0.2) is 0 Å². The van der Waals surface area contributed by atoms with Crippen LogP contribution in [0.15, 0.2) is 24.3 Å². The van der Waals surface area contributed by atoms with Gasteiger partial charge in [-0.15, -0.1) is 0 Å². The van der Waals surface area contributed by atoms with Crippen LogP contribution in [0.5, 0.6) is 17.2 Å². The number of aromatic hydroxyl groups is 3. The Morgan fingerprint density at radius 3 is 2.11 bits per heavy atom. The number of phenols is 3. The maximum absolute atomic E-state index is 10.2. The van der Waals surface area contributed by atoms with Crippen molar-refractivity contribution in [3.8, 4) is 28.4 Å². The molecule has 0 amide bonds. The van der Waals surface area contributed by atoms with Crippen LogP contribution < -0.4 is 0 Å². The second kappa shape index (κ2) is 4.26. The molecule has 0 fully saturated rings. The quantitative estimate of drug-likeness (QED) is 0.674. The molecule has 2 aromatic carbocycles. The first kappa shape index (κ1) is 12.3. The Kier molecular flexibility index (Phi) is 2.91. The fraction of sp³-hybridized carbons (Fsp3) is 0.200. The van der Waals surface area contributed by atoms with Gasteiger partial charge in [-0.05, 0) is 61.7 Å². The van der Waals surface area contributed by atoms with Crippen LogP contribution in [0.1, 0.15) is 16.7 Å². The maximum Gasteiger partial charge on any atom is 0.126 e. The summed E-state index contributed by atoms with van der Waals surface area (Å²) in [4.78, 5) is 0. The monoisotopic (exact) mass is 244 g/mol. The van der Waals surface area contributed by atoms with Crippen LogP contribution in [-0.4, -0.2) is 15.3 Å². The minimum atomic E-state index is 0.0331. The van der Waals surface area contributed by atoms with Gasteiger partial charge in [0, 0.05) is 11.1 Å². The average Bonchev–Trinajstić information content (AvgIpc) is 2.34. The van der Waals surface area contributed by atoms with Crippen molar-refractivity contribution in [1.29, 1.82) is 0 Å². The molecule has 0 aliphatic heterocycles. The van der Waals surface area contributed by atoms with E-state index in [1.54, 1.807) is 0 Å². The normalized spacial score (nSPS) is 10.6. The topological polar surface area (TPSA) is 60.7 Å². The molecule has 3 N–H and O–H groups in total. The van der Waals surface area contributed by atoms with Gasteiger partial charge in [0.25, 0.3) is 0 Å². The Balaban J connectivity index is 2.75. The third kappa shape index (κ3) is 1.88. The second-order valence-electron chi connectivity index (χ2n) is 4.54. The molecule has 0 saturated heterocycles. The molecule has 0 aromatic heterocycles. The summed E-state index contributed by atoms with van der Waals surface area (Å²) in [5, 5.41) is 29.5. The van der Waals surface area contributed by atoms with Crippen LogP contribution in [0.25, 0.3) is 11.1 Å². The van der Waals surface area contributed by atoms with Crippen molar-refractivity contribution in [2.24, 2.45) is 0 Å². The molecule has 3 nitrogen and oxygen atoms in total. The molecule has 0 saturated carbocycles. The zero-order chi connectivity index (χ0) is 13.4. The molecular formula is C15H16O3. The van der Waals surface area contributed by atoms with Crippen molar-refractivity contribution in [1.82, 2.24) is 0 Å². The Labute approximate surface area is 106 Å². The average molecular weight is 244 g/mol. The molecule has 0 unspecified atom stereocenters. The molecule has 18 heavy (non-hydrogen) atoms. The van der Waals surface area contributed by atoms with Crippen LogP contribution in [0.2, 0.25) is 0 Å². The van der Waals surface area contributed by atoms with E-state index in [9.17, 15) is 15.3 Å². The summed E-state index contributed by atoms with van der Waals surface area (Å²) in [5.74, 6) is 0.225. The first-order valence-electron chi connectivity index (χ1n) is 5.74. The third-order valence-corrected chi connectivity index (χ3v) is 3.40. The Bertz CT molecular complexity index is 616. The molecule has 3 heteroatoms. The molecular weight excluding hydrogens is 228 g/mol. The smallest absolute Gasteiger partial charge is 0.126 e. The van der Waals surface area contributed by atoms with Crippen molar-refractivity contribution < 1.29 is 15.3 Å². The van der Waals surface area contributed by atoms with Gasteiger partial charge in [-0.3, -0.25) is 0 Å². The summed E-state index contributed by atoms with van der Waals surface area (Å²) in [6, 6.07) is 6.07. The van der Waals surface area contributed by atoms with Crippen LogP contribution in [-0.2, 0) is 0 Å². The van der Waals surface area contributed by atoms with E-state index in [1.807, 2.05) is 26.8 Å². The first-order chi connectivity index (χ1) is 8.41. The van der Waals surface area contributed by atoms with E-state index in [-0.39, 0.29) is 17.2 Å².